The van der Waals surface area contributed by atoms with Crippen molar-refractivity contribution in [3.63, 3.8) is 0 Å². The molecule has 0 radical (unpaired) electrons. The van der Waals surface area contributed by atoms with E-state index in [0.717, 1.165) is 148 Å². The molecule has 0 bridgehead atoms. The van der Waals surface area contributed by atoms with E-state index in [1.54, 1.807) is 0 Å². The van der Waals surface area contributed by atoms with Crippen LogP contribution in [0.4, 0.5) is 0 Å². The number of unbranched alkanes of at least 4 members (excludes halogenated alkanes) is 17. The molecule has 0 aliphatic rings. The summed E-state index contributed by atoms with van der Waals surface area (Å²) in [6.45, 7) is 4.16. The van der Waals surface area contributed by atoms with E-state index < -0.39 is 26.5 Å². The van der Waals surface area contributed by atoms with E-state index >= 15 is 0 Å². The molecule has 2 atom stereocenters. The fraction of sp³-hybridized carbons (Fsp3) is 0.590. The number of carbonyl (C=O) groups excluding carboxylic acids is 2. The number of phosphoric acid groups is 1. The Labute approximate surface area is 540 Å². The molecule has 0 saturated heterocycles. The van der Waals surface area contributed by atoms with Crippen LogP contribution in [0.25, 0.3) is 0 Å². The fourth-order valence-electron chi connectivity index (χ4n) is 8.72. The first-order valence-corrected chi connectivity index (χ1v) is 36.0. The number of allylic oxidation sites excluding steroid dienone is 30. The van der Waals surface area contributed by atoms with E-state index in [1.165, 1.54) is 64.2 Å². The van der Waals surface area contributed by atoms with Crippen molar-refractivity contribution in [2.45, 2.75) is 251 Å². The Kier molecular flexibility index (Phi) is 62.8. The molecule has 9 nitrogen and oxygen atoms in total. The summed E-state index contributed by atoms with van der Waals surface area (Å²) >= 11 is 0. The van der Waals surface area contributed by atoms with Gasteiger partial charge >= 0.3 is 19.8 Å². The molecule has 10 heteroatoms. The predicted molar refractivity (Wildman–Crippen MR) is 380 cm³/mol. The maximum Gasteiger partial charge on any atom is 0.472 e. The van der Waals surface area contributed by atoms with Crippen molar-refractivity contribution >= 4 is 19.8 Å². The van der Waals surface area contributed by atoms with Crippen LogP contribution in [0.3, 0.4) is 0 Å². The van der Waals surface area contributed by atoms with Gasteiger partial charge in [0.2, 0.25) is 0 Å². The average Bonchev–Trinajstić information content (AvgIpc) is 3.68. The zero-order valence-electron chi connectivity index (χ0n) is 56.4. The summed E-state index contributed by atoms with van der Waals surface area (Å²) in [5.41, 5.74) is 0. The van der Waals surface area contributed by atoms with E-state index in [0.29, 0.717) is 17.4 Å². The molecule has 0 saturated carbocycles. The standard InChI is InChI=1S/C78H126NO8P/c1-6-8-10-12-14-16-18-20-22-24-26-28-30-32-34-36-37-38-39-40-41-43-44-46-48-50-52-54-56-58-60-62-64-66-68-70-77(80)84-74-76(75-86-88(82,83)85-73-72-79(3,4)5)87-78(81)71-69-67-65-63-61-59-57-55-53-51-49-47-45-42-35-33-31-29-27-25-23-21-19-17-15-13-11-9-7-2/h8-11,14-17,20-23,26-29,32-35,37-38,40-41,45,47,51,53,57,59,76H,6-7,12-13,18-19,24-25,30-31,36,39,42-44,46,48-50,52,54-56,58,60-75H2,1-5H3/p+1/b10-8-,11-9-,16-14-,17-15-,22-20-,23-21-,28-26-,29-27-,34-32-,35-33-,38-37-,41-40-,47-45-,53-51-,59-57-. The van der Waals surface area contributed by atoms with Gasteiger partial charge in [0.15, 0.2) is 6.10 Å². The molecule has 1 N–H and O–H groups in total. The highest BCUT2D eigenvalue weighted by Gasteiger charge is 2.27. The molecule has 0 aromatic rings. The molecule has 0 aliphatic carbocycles. The summed E-state index contributed by atoms with van der Waals surface area (Å²) < 4.78 is 34.7. The van der Waals surface area contributed by atoms with Crippen LogP contribution in [-0.4, -0.2) is 74.9 Å². The first-order valence-electron chi connectivity index (χ1n) is 34.5. The Hall–Kier alpha value is -4.89. The van der Waals surface area contributed by atoms with Gasteiger partial charge in [-0.05, 0) is 135 Å². The fourth-order valence-corrected chi connectivity index (χ4v) is 9.46. The molecule has 88 heavy (non-hydrogen) atoms. The Balaban J connectivity index is 4.17. The number of esters is 2. The minimum atomic E-state index is -4.41. The second-order valence-electron chi connectivity index (χ2n) is 23.4. The van der Waals surface area contributed by atoms with E-state index in [-0.39, 0.29) is 32.0 Å². The lowest BCUT2D eigenvalue weighted by atomic mass is 10.0. The Morgan fingerprint density at radius 3 is 0.909 bits per heavy atom. The molecule has 0 fully saturated rings. The van der Waals surface area contributed by atoms with Crippen LogP contribution in [0.15, 0.2) is 182 Å². The van der Waals surface area contributed by atoms with Crippen molar-refractivity contribution in [3.8, 4) is 0 Å². The Morgan fingerprint density at radius 2 is 0.614 bits per heavy atom. The van der Waals surface area contributed by atoms with Gasteiger partial charge in [-0.3, -0.25) is 18.6 Å². The lowest BCUT2D eigenvalue weighted by Crippen LogP contribution is -2.37. The summed E-state index contributed by atoms with van der Waals surface area (Å²) in [4.78, 5) is 35.9. The van der Waals surface area contributed by atoms with Gasteiger partial charge in [-0.2, -0.15) is 0 Å². The molecular weight excluding hydrogens is 1110 g/mol. The van der Waals surface area contributed by atoms with Crippen LogP contribution in [-0.2, 0) is 32.7 Å². The molecular formula is C78H127NO8P+. The molecule has 0 aromatic carbocycles. The number of hydrogen-bond donors (Lipinski definition) is 1. The van der Waals surface area contributed by atoms with Gasteiger partial charge in [0.1, 0.15) is 19.8 Å². The minimum Gasteiger partial charge on any atom is -0.462 e. The maximum absolute atomic E-state index is 12.9. The third-order valence-electron chi connectivity index (χ3n) is 13.9. The zero-order valence-corrected chi connectivity index (χ0v) is 57.3. The van der Waals surface area contributed by atoms with Crippen molar-refractivity contribution in [1.29, 1.82) is 0 Å². The van der Waals surface area contributed by atoms with Crippen molar-refractivity contribution < 1.29 is 42.1 Å². The highest BCUT2D eigenvalue weighted by Crippen LogP contribution is 2.43. The first-order chi connectivity index (χ1) is 43.0. The largest absolute Gasteiger partial charge is 0.472 e. The topological polar surface area (TPSA) is 108 Å². The lowest BCUT2D eigenvalue weighted by molar-refractivity contribution is -0.870. The lowest BCUT2D eigenvalue weighted by Gasteiger charge is -2.24. The minimum absolute atomic E-state index is 0.0164. The number of quaternary nitrogens is 1. The highest BCUT2D eigenvalue weighted by atomic mass is 31.2. The number of likely N-dealkylation sites (N-methyl/N-ethyl adjacent to an activating group) is 1. The van der Waals surface area contributed by atoms with Crippen molar-refractivity contribution in [1.82, 2.24) is 0 Å². The van der Waals surface area contributed by atoms with Crippen LogP contribution < -0.4 is 0 Å². The maximum atomic E-state index is 12.9. The molecule has 0 aliphatic heterocycles. The van der Waals surface area contributed by atoms with Crippen LogP contribution in [0.1, 0.15) is 245 Å². The third-order valence-corrected chi connectivity index (χ3v) is 14.9. The van der Waals surface area contributed by atoms with Gasteiger partial charge in [-0.25, -0.2) is 4.57 Å². The molecule has 2 unspecified atom stereocenters. The third kappa shape index (κ3) is 70.2. The summed E-state index contributed by atoms with van der Waals surface area (Å²) in [6.07, 6.45) is 103. The predicted octanol–water partition coefficient (Wildman–Crippen LogP) is 22.7. The second-order valence-corrected chi connectivity index (χ2v) is 24.9. The van der Waals surface area contributed by atoms with Crippen LogP contribution in [0.5, 0.6) is 0 Å². The molecule has 0 rings (SSSR count). The van der Waals surface area contributed by atoms with Crippen LogP contribution in [0.2, 0.25) is 0 Å². The van der Waals surface area contributed by atoms with Gasteiger partial charge in [0, 0.05) is 12.8 Å². The van der Waals surface area contributed by atoms with Gasteiger partial charge in [0.25, 0.3) is 0 Å². The summed E-state index contributed by atoms with van der Waals surface area (Å²) in [5, 5.41) is 0. The summed E-state index contributed by atoms with van der Waals surface area (Å²) in [5.74, 6) is -0.839. The number of rotatable bonds is 61. The van der Waals surface area contributed by atoms with E-state index in [2.05, 4.69) is 196 Å². The van der Waals surface area contributed by atoms with Gasteiger partial charge in [-0.1, -0.05) is 280 Å². The highest BCUT2D eigenvalue weighted by molar-refractivity contribution is 7.47. The number of nitrogens with zero attached hydrogens (tertiary/aromatic N) is 1. The number of phosphoric ester groups is 1. The molecule has 0 heterocycles. The van der Waals surface area contributed by atoms with E-state index in [9.17, 15) is 19.0 Å². The first kappa shape index (κ1) is 83.1. The monoisotopic (exact) mass is 1240 g/mol. The quantitative estimate of drug-likeness (QED) is 0.0211. The molecule has 496 valence electrons. The van der Waals surface area contributed by atoms with E-state index in [4.69, 9.17) is 18.5 Å². The number of hydrogen-bond acceptors (Lipinski definition) is 7. The number of carbonyl (C=O) groups is 2. The molecule has 0 amide bonds. The Bertz CT molecular complexity index is 2140. The zero-order chi connectivity index (χ0) is 64.1. The van der Waals surface area contributed by atoms with Crippen molar-refractivity contribution in [3.05, 3.63) is 182 Å². The normalized spacial score (nSPS) is 14.3. The average molecular weight is 1240 g/mol. The number of ether oxygens (including phenoxy) is 2. The van der Waals surface area contributed by atoms with E-state index in [1.807, 2.05) is 21.1 Å². The van der Waals surface area contributed by atoms with Crippen LogP contribution >= 0.6 is 7.82 Å². The van der Waals surface area contributed by atoms with Crippen LogP contribution in [0, 0.1) is 0 Å². The second kappa shape index (κ2) is 66.5. The summed E-state index contributed by atoms with van der Waals surface area (Å²) in [7, 11) is 1.43. The SMILES string of the molecule is CC/C=C\C/C=C\C/C=C\C/C=C\C/C=C\C/C=C\C/C=C\C/C=C\CCCCCCC(=O)OC(COC(=O)CCCCCCCCCCCCCCC/C=C\C/C=C\C/C=C\C/C=C\C/C=C\C/C=C\C/C=C\CC)COP(=O)(O)OCC[N+](C)(C)C. The molecule has 0 aromatic heterocycles. The Morgan fingerprint density at radius 1 is 0.352 bits per heavy atom. The molecule has 0 spiro atoms. The van der Waals surface area contributed by atoms with Gasteiger partial charge < -0.3 is 18.9 Å². The smallest absolute Gasteiger partial charge is 0.462 e. The van der Waals surface area contributed by atoms with Crippen molar-refractivity contribution in [2.24, 2.45) is 0 Å². The van der Waals surface area contributed by atoms with Gasteiger partial charge in [0.05, 0.1) is 27.7 Å². The van der Waals surface area contributed by atoms with Crippen molar-refractivity contribution in [2.75, 3.05) is 47.5 Å². The van der Waals surface area contributed by atoms with Gasteiger partial charge in [-0.15, -0.1) is 0 Å². The summed E-state index contributed by atoms with van der Waals surface area (Å²) in [6, 6.07) is 0.